The van der Waals surface area contributed by atoms with E-state index in [0.717, 1.165) is 4.90 Å². The van der Waals surface area contributed by atoms with E-state index in [4.69, 9.17) is 9.47 Å². The van der Waals surface area contributed by atoms with Crippen LogP contribution in [0.4, 0.5) is 16.2 Å². The molecule has 0 unspecified atom stereocenters. The Kier molecular flexibility index (Phi) is 4.50. The lowest BCUT2D eigenvalue weighted by Crippen LogP contribution is -2.64. The van der Waals surface area contributed by atoms with E-state index in [-0.39, 0.29) is 0 Å². The smallest absolute Gasteiger partial charge is 0.329 e. The van der Waals surface area contributed by atoms with Crippen LogP contribution in [0.5, 0.6) is 0 Å². The molecule has 30 heavy (non-hydrogen) atoms. The molecular weight excluding hydrogens is 386 g/mol. The Bertz CT molecular complexity index is 966. The largest absolute Gasteiger partial charge is 0.359 e. The van der Waals surface area contributed by atoms with Crippen molar-refractivity contribution < 1.29 is 24.2 Å². The van der Waals surface area contributed by atoms with Crippen molar-refractivity contribution in [1.29, 1.82) is 0 Å². The number of ether oxygens (including phenoxy) is 2. The minimum atomic E-state index is -2.16. The Morgan fingerprint density at radius 1 is 0.967 bits per heavy atom. The number of hydrogen-bond donors (Lipinski definition) is 2. The van der Waals surface area contributed by atoms with Crippen LogP contribution in [0.2, 0.25) is 0 Å². The predicted octanol–water partition coefficient (Wildman–Crippen LogP) is 2.25. The highest BCUT2D eigenvalue weighted by Gasteiger charge is 2.54. The number of para-hydroxylation sites is 2. The molecule has 3 aliphatic rings. The van der Waals surface area contributed by atoms with E-state index >= 15 is 0 Å². The Balaban J connectivity index is 1.53. The molecule has 2 aromatic carbocycles. The van der Waals surface area contributed by atoms with Crippen LogP contribution in [-0.4, -0.2) is 54.0 Å². The monoisotopic (exact) mass is 409 g/mol. The SMILES string of the molecule is O=C1Nc2ccccc2[C@@](O)(C(=O)N2CCC3(CC2)OCCO3)N1c1ccccc1. The average molecular weight is 409 g/mol. The molecule has 1 spiro atoms. The predicted molar refractivity (Wildman–Crippen MR) is 109 cm³/mol. The van der Waals surface area contributed by atoms with Gasteiger partial charge >= 0.3 is 6.03 Å². The second-order valence-electron chi connectivity index (χ2n) is 7.72. The lowest BCUT2D eigenvalue weighted by atomic mass is 9.93. The molecule has 2 aromatic rings. The number of fused-ring (bicyclic) bond motifs is 1. The summed E-state index contributed by atoms with van der Waals surface area (Å²) in [4.78, 5) is 29.5. The Morgan fingerprint density at radius 3 is 2.30 bits per heavy atom. The molecule has 0 radical (unpaired) electrons. The van der Waals surface area contributed by atoms with Crippen molar-refractivity contribution >= 4 is 23.3 Å². The van der Waals surface area contributed by atoms with Gasteiger partial charge < -0.3 is 24.8 Å². The molecule has 3 amide bonds. The number of hydrogen-bond acceptors (Lipinski definition) is 5. The molecule has 0 saturated carbocycles. The third kappa shape index (κ3) is 2.87. The van der Waals surface area contributed by atoms with Gasteiger partial charge in [-0.2, -0.15) is 0 Å². The molecular formula is C22H23N3O5. The molecule has 2 fully saturated rings. The van der Waals surface area contributed by atoms with E-state index in [1.54, 1.807) is 53.4 Å². The van der Waals surface area contributed by atoms with E-state index in [1.165, 1.54) is 0 Å². The van der Waals surface area contributed by atoms with E-state index in [1.807, 2.05) is 6.07 Å². The summed E-state index contributed by atoms with van der Waals surface area (Å²) in [7, 11) is 0. The van der Waals surface area contributed by atoms with Crippen LogP contribution in [0.25, 0.3) is 0 Å². The second-order valence-corrected chi connectivity index (χ2v) is 7.72. The number of carbonyl (C=O) groups is 2. The summed E-state index contributed by atoms with van der Waals surface area (Å²) < 4.78 is 11.5. The van der Waals surface area contributed by atoms with Crippen molar-refractivity contribution in [3.8, 4) is 0 Å². The average Bonchev–Trinajstić information content (AvgIpc) is 3.22. The number of nitrogens with one attached hydrogen (secondary N) is 1. The topological polar surface area (TPSA) is 91.3 Å². The summed E-state index contributed by atoms with van der Waals surface area (Å²) in [5, 5.41) is 14.7. The van der Waals surface area contributed by atoms with E-state index in [2.05, 4.69) is 5.32 Å². The Hall–Kier alpha value is -2.94. The molecule has 0 aromatic heterocycles. The zero-order chi connectivity index (χ0) is 20.8. The minimum absolute atomic E-state index is 0.340. The molecule has 8 heteroatoms. The highest BCUT2D eigenvalue weighted by Crippen LogP contribution is 2.42. The fourth-order valence-corrected chi connectivity index (χ4v) is 4.48. The first-order valence-corrected chi connectivity index (χ1v) is 10.1. The molecule has 3 heterocycles. The first-order valence-electron chi connectivity index (χ1n) is 10.1. The fourth-order valence-electron chi connectivity index (χ4n) is 4.48. The number of anilines is 2. The van der Waals surface area contributed by atoms with Crippen molar-refractivity contribution in [3.05, 3.63) is 60.2 Å². The van der Waals surface area contributed by atoms with Crippen molar-refractivity contribution in [1.82, 2.24) is 4.90 Å². The maximum Gasteiger partial charge on any atom is 0.329 e. The van der Waals surface area contributed by atoms with Gasteiger partial charge in [0, 0.05) is 37.2 Å². The molecule has 3 aliphatic heterocycles. The summed E-state index contributed by atoms with van der Waals surface area (Å²) in [5.74, 6) is -1.18. The first kappa shape index (κ1) is 19.0. The maximum absolute atomic E-state index is 13.7. The molecule has 2 N–H and O–H groups in total. The molecule has 8 nitrogen and oxygen atoms in total. The van der Waals surface area contributed by atoms with Crippen molar-refractivity contribution in [2.75, 3.05) is 36.5 Å². The van der Waals surface area contributed by atoms with Crippen molar-refractivity contribution in [2.45, 2.75) is 24.4 Å². The number of amides is 3. The van der Waals surface area contributed by atoms with Gasteiger partial charge in [0.05, 0.1) is 18.9 Å². The molecule has 2 saturated heterocycles. The second kappa shape index (κ2) is 7.09. The number of piperidine rings is 1. The summed E-state index contributed by atoms with van der Waals surface area (Å²) in [5.41, 5.74) is -0.979. The van der Waals surface area contributed by atoms with Crippen LogP contribution in [0, 0.1) is 0 Å². The standard InChI is InChI=1S/C22H23N3O5/c26-19(24-12-10-21(11-13-24)29-14-15-30-21)22(28)17-8-4-5-9-18(17)23-20(27)25(22)16-6-2-1-3-7-16/h1-9,28H,10-15H2,(H,23,27)/t22-/m1/s1. The van der Waals surface area contributed by atoms with Gasteiger partial charge in [0.25, 0.3) is 11.6 Å². The van der Waals surface area contributed by atoms with Gasteiger partial charge in [-0.15, -0.1) is 0 Å². The number of benzene rings is 2. The molecule has 0 bridgehead atoms. The van der Waals surface area contributed by atoms with Crippen molar-refractivity contribution in [3.63, 3.8) is 0 Å². The van der Waals surface area contributed by atoms with Gasteiger partial charge in [-0.3, -0.25) is 9.69 Å². The van der Waals surface area contributed by atoms with Gasteiger partial charge in [-0.25, -0.2) is 4.79 Å². The molecule has 5 rings (SSSR count). The molecule has 1 atom stereocenters. The van der Waals surface area contributed by atoms with Gasteiger partial charge in [0.1, 0.15) is 0 Å². The Morgan fingerprint density at radius 2 is 1.60 bits per heavy atom. The first-order chi connectivity index (χ1) is 14.5. The summed E-state index contributed by atoms with van der Waals surface area (Å²) in [6, 6.07) is 15.0. The van der Waals surface area contributed by atoms with Crippen LogP contribution in [0.3, 0.4) is 0 Å². The van der Waals surface area contributed by atoms with Crippen LogP contribution >= 0.6 is 0 Å². The lowest BCUT2D eigenvalue weighted by molar-refractivity contribution is -0.192. The van der Waals surface area contributed by atoms with Crippen LogP contribution in [0.1, 0.15) is 18.4 Å². The zero-order valence-corrected chi connectivity index (χ0v) is 16.4. The molecule has 156 valence electrons. The van der Waals surface area contributed by atoms with E-state index in [9.17, 15) is 14.7 Å². The maximum atomic E-state index is 13.7. The number of nitrogens with zero attached hydrogens (tertiary/aromatic N) is 2. The summed E-state index contributed by atoms with van der Waals surface area (Å²) in [6.45, 7) is 1.83. The third-order valence-corrected chi connectivity index (χ3v) is 6.01. The van der Waals surface area contributed by atoms with Crippen LogP contribution in [-0.2, 0) is 20.0 Å². The van der Waals surface area contributed by atoms with Gasteiger partial charge in [-0.05, 0) is 18.2 Å². The van der Waals surface area contributed by atoms with Gasteiger partial charge in [0.15, 0.2) is 5.79 Å². The summed E-state index contributed by atoms with van der Waals surface area (Å²) in [6.07, 6.45) is 1.04. The lowest BCUT2D eigenvalue weighted by Gasteiger charge is -2.46. The van der Waals surface area contributed by atoms with E-state index < -0.39 is 23.5 Å². The van der Waals surface area contributed by atoms with Gasteiger partial charge in [-0.1, -0.05) is 36.4 Å². The third-order valence-electron chi connectivity index (χ3n) is 6.01. The van der Waals surface area contributed by atoms with Crippen LogP contribution in [0.15, 0.2) is 54.6 Å². The van der Waals surface area contributed by atoms with Crippen LogP contribution < -0.4 is 10.2 Å². The quantitative estimate of drug-likeness (QED) is 0.794. The van der Waals surface area contributed by atoms with Crippen molar-refractivity contribution in [2.24, 2.45) is 0 Å². The number of carbonyl (C=O) groups excluding carboxylic acids is 2. The van der Waals surface area contributed by atoms with Gasteiger partial charge in [0.2, 0.25) is 0 Å². The molecule has 0 aliphatic carbocycles. The number of aliphatic hydroxyl groups is 1. The number of urea groups is 1. The summed E-state index contributed by atoms with van der Waals surface area (Å²) >= 11 is 0. The normalized spacial score (nSPS) is 25.2. The fraction of sp³-hybridized carbons (Fsp3) is 0.364. The number of rotatable bonds is 2. The number of likely N-dealkylation sites (tertiary alicyclic amines) is 1. The minimum Gasteiger partial charge on any atom is -0.359 e. The van der Waals surface area contributed by atoms with E-state index in [0.29, 0.717) is 56.1 Å². The highest BCUT2D eigenvalue weighted by atomic mass is 16.7. The zero-order valence-electron chi connectivity index (χ0n) is 16.4. The Labute approximate surface area is 174 Å². The highest BCUT2D eigenvalue weighted by molar-refractivity contribution is 6.11.